The summed E-state index contributed by atoms with van der Waals surface area (Å²) in [5, 5.41) is 1.03. The number of rotatable bonds is 4. The monoisotopic (exact) mass is 276 g/mol. The van der Waals surface area contributed by atoms with Gasteiger partial charge in [-0.2, -0.15) is 0 Å². The second-order valence-corrected chi connectivity index (χ2v) is 5.97. The SMILES string of the molecule is COc1ccc(-c2nc(C(C)C)c(C(C)N)s2)cc1. The number of thiazole rings is 1. The maximum absolute atomic E-state index is 6.04. The summed E-state index contributed by atoms with van der Waals surface area (Å²) in [5.41, 5.74) is 8.27. The molecule has 1 atom stereocenters. The van der Waals surface area contributed by atoms with Gasteiger partial charge in [-0.1, -0.05) is 13.8 Å². The Bertz CT molecular complexity index is 518. The fourth-order valence-corrected chi connectivity index (χ4v) is 3.12. The average Bonchev–Trinajstić information content (AvgIpc) is 2.84. The van der Waals surface area contributed by atoms with Crippen molar-refractivity contribution < 1.29 is 4.74 Å². The highest BCUT2D eigenvalue weighted by atomic mass is 32.1. The second-order valence-electron chi connectivity index (χ2n) is 4.94. The zero-order valence-electron chi connectivity index (χ0n) is 11.8. The molecule has 0 aliphatic heterocycles. The third-order valence-electron chi connectivity index (χ3n) is 2.98. The smallest absolute Gasteiger partial charge is 0.123 e. The zero-order valence-corrected chi connectivity index (χ0v) is 12.6. The summed E-state index contributed by atoms with van der Waals surface area (Å²) in [5.74, 6) is 1.25. The molecule has 0 spiro atoms. The van der Waals surface area contributed by atoms with Crippen molar-refractivity contribution in [3.05, 3.63) is 34.8 Å². The molecule has 2 rings (SSSR count). The van der Waals surface area contributed by atoms with Crippen LogP contribution >= 0.6 is 11.3 Å². The Balaban J connectivity index is 2.41. The van der Waals surface area contributed by atoms with Crippen molar-refractivity contribution in [2.75, 3.05) is 7.11 Å². The van der Waals surface area contributed by atoms with Gasteiger partial charge in [-0.15, -0.1) is 11.3 Å². The summed E-state index contributed by atoms with van der Waals surface area (Å²) in [4.78, 5) is 5.94. The van der Waals surface area contributed by atoms with E-state index in [4.69, 9.17) is 15.5 Å². The van der Waals surface area contributed by atoms with Crippen molar-refractivity contribution in [3.8, 4) is 16.3 Å². The van der Waals surface area contributed by atoms with Crippen molar-refractivity contribution in [2.45, 2.75) is 32.7 Å². The van der Waals surface area contributed by atoms with Gasteiger partial charge in [-0.25, -0.2) is 4.98 Å². The summed E-state index contributed by atoms with van der Waals surface area (Å²) in [6.45, 7) is 6.31. The molecule has 0 aliphatic carbocycles. The van der Waals surface area contributed by atoms with E-state index in [1.54, 1.807) is 18.4 Å². The molecule has 0 radical (unpaired) electrons. The van der Waals surface area contributed by atoms with E-state index in [-0.39, 0.29) is 6.04 Å². The first-order valence-corrected chi connectivity index (χ1v) is 7.25. The normalized spacial score (nSPS) is 12.7. The van der Waals surface area contributed by atoms with E-state index < -0.39 is 0 Å². The van der Waals surface area contributed by atoms with Crippen LogP contribution < -0.4 is 10.5 Å². The molecular weight excluding hydrogens is 256 g/mol. The number of nitrogens with two attached hydrogens (primary N) is 1. The quantitative estimate of drug-likeness (QED) is 0.919. The average molecular weight is 276 g/mol. The molecule has 0 amide bonds. The number of hydrogen-bond donors (Lipinski definition) is 1. The van der Waals surface area contributed by atoms with Gasteiger partial charge in [0, 0.05) is 16.5 Å². The first-order chi connectivity index (χ1) is 9.02. The van der Waals surface area contributed by atoms with Crippen LogP contribution in [0.25, 0.3) is 10.6 Å². The van der Waals surface area contributed by atoms with Gasteiger partial charge in [-0.3, -0.25) is 0 Å². The molecule has 0 saturated carbocycles. The van der Waals surface area contributed by atoms with Crippen LogP contribution in [-0.4, -0.2) is 12.1 Å². The van der Waals surface area contributed by atoms with Crippen molar-refractivity contribution in [3.63, 3.8) is 0 Å². The van der Waals surface area contributed by atoms with Gasteiger partial charge in [0.15, 0.2) is 0 Å². The van der Waals surface area contributed by atoms with E-state index in [1.165, 1.54) is 4.88 Å². The topological polar surface area (TPSA) is 48.1 Å². The summed E-state index contributed by atoms with van der Waals surface area (Å²) in [6, 6.07) is 8.01. The molecule has 3 nitrogen and oxygen atoms in total. The van der Waals surface area contributed by atoms with Crippen LogP contribution in [0.15, 0.2) is 24.3 Å². The number of ether oxygens (including phenoxy) is 1. The molecule has 1 aromatic heterocycles. The lowest BCUT2D eigenvalue weighted by atomic mass is 10.1. The van der Waals surface area contributed by atoms with E-state index >= 15 is 0 Å². The minimum Gasteiger partial charge on any atom is -0.497 e. The van der Waals surface area contributed by atoms with Gasteiger partial charge >= 0.3 is 0 Å². The predicted octanol–water partition coefficient (Wildman–Crippen LogP) is 3.96. The maximum Gasteiger partial charge on any atom is 0.123 e. The lowest BCUT2D eigenvalue weighted by Crippen LogP contribution is -2.06. The number of nitrogens with zero attached hydrogens (tertiary/aromatic N) is 1. The molecule has 1 heterocycles. The highest BCUT2D eigenvalue weighted by Gasteiger charge is 2.17. The zero-order chi connectivity index (χ0) is 14.0. The van der Waals surface area contributed by atoms with Crippen LogP contribution in [-0.2, 0) is 0 Å². The molecular formula is C15H20N2OS. The molecule has 0 aliphatic rings. The fraction of sp³-hybridized carbons (Fsp3) is 0.400. The molecule has 2 aromatic rings. The van der Waals surface area contributed by atoms with E-state index in [1.807, 2.05) is 31.2 Å². The van der Waals surface area contributed by atoms with Gasteiger partial charge in [0.05, 0.1) is 12.8 Å². The minimum absolute atomic E-state index is 0.0295. The van der Waals surface area contributed by atoms with Gasteiger partial charge in [0.25, 0.3) is 0 Å². The minimum atomic E-state index is 0.0295. The maximum atomic E-state index is 6.04. The van der Waals surface area contributed by atoms with Crippen LogP contribution in [0.3, 0.4) is 0 Å². The van der Waals surface area contributed by atoms with Crippen molar-refractivity contribution >= 4 is 11.3 Å². The highest BCUT2D eigenvalue weighted by molar-refractivity contribution is 7.15. The summed E-state index contributed by atoms with van der Waals surface area (Å²) >= 11 is 1.69. The Labute approximate surface area is 118 Å². The third-order valence-corrected chi connectivity index (χ3v) is 4.30. The highest BCUT2D eigenvalue weighted by Crippen LogP contribution is 2.35. The Kier molecular flexibility index (Phi) is 4.22. The number of methoxy groups -OCH3 is 1. The Morgan fingerprint density at radius 2 is 1.79 bits per heavy atom. The van der Waals surface area contributed by atoms with Crippen molar-refractivity contribution in [1.82, 2.24) is 4.98 Å². The first-order valence-electron chi connectivity index (χ1n) is 6.43. The van der Waals surface area contributed by atoms with Crippen LogP contribution in [0.1, 0.15) is 43.3 Å². The largest absolute Gasteiger partial charge is 0.497 e. The molecule has 1 aromatic carbocycles. The Hall–Kier alpha value is -1.39. The lowest BCUT2D eigenvalue weighted by molar-refractivity contribution is 0.415. The van der Waals surface area contributed by atoms with Gasteiger partial charge in [0.1, 0.15) is 10.8 Å². The van der Waals surface area contributed by atoms with Crippen LogP contribution in [0.4, 0.5) is 0 Å². The molecule has 2 N–H and O–H groups in total. The second kappa shape index (κ2) is 5.72. The Morgan fingerprint density at radius 1 is 1.16 bits per heavy atom. The summed E-state index contributed by atoms with van der Waals surface area (Å²) < 4.78 is 5.17. The van der Waals surface area contributed by atoms with Gasteiger partial charge in [0.2, 0.25) is 0 Å². The molecule has 19 heavy (non-hydrogen) atoms. The molecule has 1 unspecified atom stereocenters. The molecule has 4 heteroatoms. The fourth-order valence-electron chi connectivity index (χ4n) is 1.94. The third kappa shape index (κ3) is 2.96. The van der Waals surface area contributed by atoms with Crippen LogP contribution in [0.2, 0.25) is 0 Å². The van der Waals surface area contributed by atoms with Crippen LogP contribution in [0.5, 0.6) is 5.75 Å². The summed E-state index contributed by atoms with van der Waals surface area (Å²) in [6.07, 6.45) is 0. The molecule has 0 bridgehead atoms. The van der Waals surface area contributed by atoms with Gasteiger partial charge < -0.3 is 10.5 Å². The molecule has 102 valence electrons. The Morgan fingerprint density at radius 3 is 2.21 bits per heavy atom. The molecule has 0 saturated heterocycles. The van der Waals surface area contributed by atoms with E-state index in [9.17, 15) is 0 Å². The first kappa shape index (κ1) is 14.0. The lowest BCUT2D eigenvalue weighted by Gasteiger charge is -2.07. The number of aromatic nitrogens is 1. The van der Waals surface area contributed by atoms with E-state index in [0.717, 1.165) is 22.0 Å². The standard InChI is InChI=1S/C15H20N2OS/c1-9(2)13-14(10(3)16)19-15(17-13)11-5-7-12(18-4)8-6-11/h5-10H,16H2,1-4H3. The van der Waals surface area contributed by atoms with Crippen molar-refractivity contribution in [2.24, 2.45) is 5.73 Å². The number of benzene rings is 1. The van der Waals surface area contributed by atoms with E-state index in [0.29, 0.717) is 5.92 Å². The van der Waals surface area contributed by atoms with Crippen LogP contribution in [0, 0.1) is 0 Å². The predicted molar refractivity (Wildman–Crippen MR) is 80.8 cm³/mol. The summed E-state index contributed by atoms with van der Waals surface area (Å²) in [7, 11) is 1.67. The van der Waals surface area contributed by atoms with Crippen molar-refractivity contribution in [1.29, 1.82) is 0 Å². The van der Waals surface area contributed by atoms with Gasteiger partial charge in [-0.05, 0) is 37.1 Å². The van der Waals surface area contributed by atoms with E-state index in [2.05, 4.69) is 13.8 Å². The number of hydrogen-bond acceptors (Lipinski definition) is 4. The molecule has 0 fully saturated rings.